The molecule has 0 aromatic heterocycles. The van der Waals surface area contributed by atoms with Crippen LogP contribution in [0, 0.1) is 17.3 Å². The molecular formula is C16H28F2N4. The Balaban J connectivity index is 1.38. The summed E-state index contributed by atoms with van der Waals surface area (Å²) >= 11 is 0. The molecule has 6 heteroatoms. The summed E-state index contributed by atoms with van der Waals surface area (Å²) in [7, 11) is 1.77. The van der Waals surface area contributed by atoms with Gasteiger partial charge in [0.1, 0.15) is 0 Å². The summed E-state index contributed by atoms with van der Waals surface area (Å²) < 4.78 is 26.0. The molecule has 1 aliphatic heterocycles. The molecule has 4 nitrogen and oxygen atoms in total. The zero-order valence-corrected chi connectivity index (χ0v) is 13.4. The third kappa shape index (κ3) is 3.54. The van der Waals surface area contributed by atoms with E-state index >= 15 is 0 Å². The van der Waals surface area contributed by atoms with E-state index < -0.39 is 5.92 Å². The first kappa shape index (κ1) is 16.0. The van der Waals surface area contributed by atoms with Gasteiger partial charge in [-0.15, -0.1) is 0 Å². The highest BCUT2D eigenvalue weighted by Crippen LogP contribution is 2.55. The molecule has 3 fully saturated rings. The second kappa shape index (κ2) is 5.64. The summed E-state index contributed by atoms with van der Waals surface area (Å²) in [6.07, 6.45) is 7.56. The van der Waals surface area contributed by atoms with Crippen LogP contribution >= 0.6 is 0 Å². The number of nitrogens with zero attached hydrogens (tertiary/aromatic N) is 2. The largest absolute Gasteiger partial charge is 0.401 e. The number of halogens is 2. The topological polar surface area (TPSA) is 58.5 Å². The number of likely N-dealkylation sites (tertiary alicyclic amines) is 1. The third-order valence-corrected chi connectivity index (χ3v) is 5.69. The van der Waals surface area contributed by atoms with E-state index in [1.54, 1.807) is 13.2 Å². The maximum absolute atomic E-state index is 13.0. The molecule has 0 amide bonds. The van der Waals surface area contributed by atoms with Crippen LogP contribution in [0.1, 0.15) is 38.5 Å². The van der Waals surface area contributed by atoms with Crippen LogP contribution < -0.4 is 11.6 Å². The van der Waals surface area contributed by atoms with Crippen molar-refractivity contribution in [3.8, 4) is 0 Å². The Labute approximate surface area is 131 Å². The van der Waals surface area contributed by atoms with Gasteiger partial charge in [-0.25, -0.2) is 14.6 Å². The highest BCUT2D eigenvalue weighted by atomic mass is 19.3. The van der Waals surface area contributed by atoms with Gasteiger partial charge < -0.3 is 15.6 Å². The second-order valence-electron chi connectivity index (χ2n) is 7.81. The molecule has 126 valence electrons. The van der Waals surface area contributed by atoms with E-state index in [1.807, 2.05) is 0 Å². The number of alkyl halides is 2. The minimum Gasteiger partial charge on any atom is -0.401 e. The van der Waals surface area contributed by atoms with Crippen molar-refractivity contribution in [1.29, 1.82) is 0 Å². The lowest BCUT2D eigenvalue weighted by Gasteiger charge is -2.52. The van der Waals surface area contributed by atoms with Gasteiger partial charge in [-0.1, -0.05) is 0 Å². The van der Waals surface area contributed by atoms with Gasteiger partial charge >= 0.3 is 0 Å². The SMILES string of the molecule is CN(N)/C=C(\N)CC1CC2(CCN(CC3CC3(F)F)CC2)C1. The summed E-state index contributed by atoms with van der Waals surface area (Å²) in [6.45, 7) is 2.55. The van der Waals surface area contributed by atoms with Crippen LogP contribution in [0.5, 0.6) is 0 Å². The van der Waals surface area contributed by atoms with Gasteiger partial charge in [0.25, 0.3) is 5.92 Å². The number of hydrazine groups is 1. The Morgan fingerprint density at radius 1 is 1.27 bits per heavy atom. The van der Waals surface area contributed by atoms with Crippen molar-refractivity contribution in [1.82, 2.24) is 9.91 Å². The smallest absolute Gasteiger partial charge is 0.252 e. The lowest BCUT2D eigenvalue weighted by atomic mass is 9.56. The predicted molar refractivity (Wildman–Crippen MR) is 82.7 cm³/mol. The molecule has 3 aliphatic rings. The molecule has 1 unspecified atom stereocenters. The number of hydrogen-bond acceptors (Lipinski definition) is 4. The average Bonchev–Trinajstić information content (AvgIpc) is 2.96. The van der Waals surface area contributed by atoms with E-state index in [4.69, 9.17) is 11.6 Å². The fourth-order valence-electron chi connectivity index (χ4n) is 4.35. The number of hydrogen-bond donors (Lipinski definition) is 2. The molecule has 1 heterocycles. The molecule has 3 rings (SSSR count). The van der Waals surface area contributed by atoms with E-state index in [0.717, 1.165) is 38.0 Å². The Hall–Kier alpha value is -0.880. The van der Waals surface area contributed by atoms with Gasteiger partial charge in [-0.2, -0.15) is 0 Å². The fourth-order valence-corrected chi connectivity index (χ4v) is 4.35. The summed E-state index contributed by atoms with van der Waals surface area (Å²) in [4.78, 5) is 2.24. The van der Waals surface area contributed by atoms with Crippen LogP contribution in [0.25, 0.3) is 0 Å². The third-order valence-electron chi connectivity index (χ3n) is 5.69. The highest BCUT2D eigenvalue weighted by molar-refractivity contribution is 5.04. The van der Waals surface area contributed by atoms with Gasteiger partial charge in [0.15, 0.2) is 0 Å². The second-order valence-corrected chi connectivity index (χ2v) is 7.81. The zero-order valence-electron chi connectivity index (χ0n) is 13.4. The monoisotopic (exact) mass is 314 g/mol. The maximum atomic E-state index is 13.0. The average molecular weight is 314 g/mol. The fraction of sp³-hybridized carbons (Fsp3) is 0.875. The van der Waals surface area contributed by atoms with Crippen molar-refractivity contribution in [2.45, 2.75) is 44.4 Å². The predicted octanol–water partition coefficient (Wildman–Crippen LogP) is 2.13. The summed E-state index contributed by atoms with van der Waals surface area (Å²) in [5.74, 6) is 3.47. The van der Waals surface area contributed by atoms with Crippen molar-refractivity contribution in [3.05, 3.63) is 11.9 Å². The van der Waals surface area contributed by atoms with E-state index in [9.17, 15) is 8.78 Å². The van der Waals surface area contributed by atoms with E-state index in [1.165, 1.54) is 17.9 Å². The van der Waals surface area contributed by atoms with Crippen LogP contribution in [0.3, 0.4) is 0 Å². The molecular weight excluding hydrogens is 286 g/mol. The first-order valence-corrected chi connectivity index (χ1v) is 8.32. The van der Waals surface area contributed by atoms with E-state index in [-0.39, 0.29) is 12.3 Å². The quantitative estimate of drug-likeness (QED) is 0.603. The van der Waals surface area contributed by atoms with Gasteiger partial charge in [0.2, 0.25) is 0 Å². The lowest BCUT2D eigenvalue weighted by molar-refractivity contribution is -0.0173. The van der Waals surface area contributed by atoms with Crippen LogP contribution in [0.2, 0.25) is 0 Å². The van der Waals surface area contributed by atoms with Gasteiger partial charge in [0, 0.05) is 37.8 Å². The zero-order chi connectivity index (χ0) is 16.0. The van der Waals surface area contributed by atoms with Crippen LogP contribution in [-0.2, 0) is 0 Å². The van der Waals surface area contributed by atoms with Gasteiger partial charge in [-0.05, 0) is 56.5 Å². The van der Waals surface area contributed by atoms with Crippen molar-refractivity contribution >= 4 is 0 Å². The number of piperidine rings is 1. The van der Waals surface area contributed by atoms with Gasteiger partial charge in [0.05, 0.1) is 0 Å². The van der Waals surface area contributed by atoms with Crippen molar-refractivity contribution < 1.29 is 8.78 Å². The molecule has 4 N–H and O–H groups in total. The molecule has 1 spiro atoms. The first-order valence-electron chi connectivity index (χ1n) is 8.32. The highest BCUT2D eigenvalue weighted by Gasteiger charge is 2.57. The lowest BCUT2D eigenvalue weighted by Crippen LogP contribution is -2.47. The molecule has 0 aromatic carbocycles. The molecule has 2 aliphatic carbocycles. The van der Waals surface area contributed by atoms with E-state index in [2.05, 4.69) is 4.90 Å². The molecule has 0 bridgehead atoms. The summed E-state index contributed by atoms with van der Waals surface area (Å²) in [5, 5.41) is 1.50. The molecule has 0 radical (unpaired) electrons. The maximum Gasteiger partial charge on any atom is 0.252 e. The molecule has 2 saturated carbocycles. The number of nitrogens with two attached hydrogens (primary N) is 2. The normalized spacial score (nSPS) is 31.1. The Morgan fingerprint density at radius 3 is 2.36 bits per heavy atom. The van der Waals surface area contributed by atoms with E-state index in [0.29, 0.717) is 17.9 Å². The number of allylic oxidation sites excluding steroid dienone is 1. The molecule has 1 atom stereocenters. The molecule has 0 aromatic rings. The van der Waals surface area contributed by atoms with Crippen LogP contribution in [0.15, 0.2) is 11.9 Å². The summed E-state index contributed by atoms with van der Waals surface area (Å²) in [6, 6.07) is 0. The Morgan fingerprint density at radius 2 is 1.86 bits per heavy atom. The van der Waals surface area contributed by atoms with Gasteiger partial charge in [-0.3, -0.25) is 0 Å². The Bertz CT molecular complexity index is 433. The molecule has 1 saturated heterocycles. The van der Waals surface area contributed by atoms with Crippen molar-refractivity contribution in [2.75, 3.05) is 26.7 Å². The van der Waals surface area contributed by atoms with Crippen LogP contribution in [-0.4, -0.2) is 42.5 Å². The van der Waals surface area contributed by atoms with Crippen molar-refractivity contribution in [2.24, 2.45) is 28.8 Å². The number of rotatable bonds is 5. The minimum atomic E-state index is -2.38. The molecule has 22 heavy (non-hydrogen) atoms. The summed E-state index contributed by atoms with van der Waals surface area (Å²) in [5.41, 5.74) is 7.28. The first-order chi connectivity index (χ1) is 10.3. The van der Waals surface area contributed by atoms with Crippen molar-refractivity contribution in [3.63, 3.8) is 0 Å². The standard InChI is InChI=1S/C16H28F2N4/c1-21(20)11-14(19)6-12-7-15(8-12)2-4-22(5-3-15)10-13-9-16(13,17)18/h11-13H,2-10,19-20H2,1H3/b14-11-. The minimum absolute atomic E-state index is 0.0952. The van der Waals surface area contributed by atoms with Crippen LogP contribution in [0.4, 0.5) is 8.78 Å². The Kier molecular flexibility index (Phi) is 4.10.